The van der Waals surface area contributed by atoms with Gasteiger partial charge in [-0.3, -0.25) is 9.48 Å². The minimum Gasteiger partial charge on any atom is -0.468 e. The molecule has 1 heterocycles. The number of nitrogens with zero attached hydrogens (tertiary/aromatic N) is 2. The highest BCUT2D eigenvalue weighted by atomic mass is 35.5. The summed E-state index contributed by atoms with van der Waals surface area (Å²) in [6.45, 7) is 3.60. The normalized spacial score (nSPS) is 14.7. The lowest BCUT2D eigenvalue weighted by atomic mass is 10.1. The number of hydrogen-bond donors (Lipinski definition) is 1. The fourth-order valence-electron chi connectivity index (χ4n) is 1.21. The summed E-state index contributed by atoms with van der Waals surface area (Å²) in [5.74, 6) is -0.480. The first-order chi connectivity index (χ1) is 6.86. The predicted molar refractivity (Wildman–Crippen MR) is 56.6 cm³/mol. The van der Waals surface area contributed by atoms with Gasteiger partial charge in [0.15, 0.2) is 0 Å². The lowest BCUT2D eigenvalue weighted by Gasteiger charge is -2.20. The molecule has 0 bridgehead atoms. The molecule has 0 aliphatic carbocycles. The molecule has 5 nitrogen and oxygen atoms in total. The molecule has 1 aromatic heterocycles. The molecule has 1 aromatic rings. The molecule has 1 rings (SSSR count). The zero-order chi connectivity index (χ0) is 11.6. The van der Waals surface area contributed by atoms with E-state index in [2.05, 4.69) is 9.84 Å². The highest BCUT2D eigenvalue weighted by molar-refractivity contribution is 6.31. The SMILES string of the molecule is COC(=O)C(C)(N)Cn1cc(Cl)c(C)n1. The molecule has 0 fully saturated rings. The number of aromatic nitrogens is 2. The Kier molecular flexibility index (Phi) is 3.36. The smallest absolute Gasteiger partial charge is 0.327 e. The van der Waals surface area contributed by atoms with Crippen LogP contribution in [0.1, 0.15) is 12.6 Å². The van der Waals surface area contributed by atoms with Crippen LogP contribution < -0.4 is 5.73 Å². The maximum Gasteiger partial charge on any atom is 0.327 e. The molecule has 0 aliphatic heterocycles. The fourth-order valence-corrected chi connectivity index (χ4v) is 1.36. The molecule has 1 unspecified atom stereocenters. The highest BCUT2D eigenvalue weighted by Crippen LogP contribution is 2.14. The van der Waals surface area contributed by atoms with Crippen molar-refractivity contribution in [3.05, 3.63) is 16.9 Å². The molecule has 2 N–H and O–H groups in total. The molecule has 0 aromatic carbocycles. The van der Waals surface area contributed by atoms with Crippen LogP contribution in [0.2, 0.25) is 5.02 Å². The third kappa shape index (κ3) is 2.70. The predicted octanol–water partition coefficient (Wildman–Crippen LogP) is 0.735. The monoisotopic (exact) mass is 231 g/mol. The van der Waals surface area contributed by atoms with Gasteiger partial charge in [-0.15, -0.1) is 0 Å². The molecule has 0 aliphatic rings. The maximum absolute atomic E-state index is 11.3. The molecule has 15 heavy (non-hydrogen) atoms. The van der Waals surface area contributed by atoms with Crippen LogP contribution in [0.3, 0.4) is 0 Å². The van der Waals surface area contributed by atoms with Gasteiger partial charge in [-0.2, -0.15) is 5.10 Å². The van der Waals surface area contributed by atoms with Crippen molar-refractivity contribution in [3.63, 3.8) is 0 Å². The Labute approximate surface area is 93.1 Å². The van der Waals surface area contributed by atoms with Crippen molar-refractivity contribution in [1.29, 1.82) is 0 Å². The van der Waals surface area contributed by atoms with E-state index in [1.165, 1.54) is 11.8 Å². The summed E-state index contributed by atoms with van der Waals surface area (Å²) >= 11 is 5.83. The van der Waals surface area contributed by atoms with Gasteiger partial charge in [-0.05, 0) is 13.8 Å². The summed E-state index contributed by atoms with van der Waals surface area (Å²) in [5.41, 5.74) is 5.39. The highest BCUT2D eigenvalue weighted by Gasteiger charge is 2.30. The third-order valence-electron chi connectivity index (χ3n) is 2.03. The molecule has 0 saturated heterocycles. The number of hydrogen-bond acceptors (Lipinski definition) is 4. The van der Waals surface area contributed by atoms with Crippen LogP contribution in [0, 0.1) is 6.92 Å². The maximum atomic E-state index is 11.3. The Balaban J connectivity index is 2.81. The minimum absolute atomic E-state index is 0.229. The lowest BCUT2D eigenvalue weighted by Crippen LogP contribution is -2.49. The standard InChI is InChI=1S/C9H14ClN3O2/c1-6-7(10)4-13(12-6)5-9(2,11)8(14)15-3/h4H,5,11H2,1-3H3. The van der Waals surface area contributed by atoms with Gasteiger partial charge in [0.05, 0.1) is 24.4 Å². The van der Waals surface area contributed by atoms with Crippen molar-refractivity contribution in [2.75, 3.05) is 7.11 Å². The summed E-state index contributed by atoms with van der Waals surface area (Å²) in [6, 6.07) is 0. The molecule has 1 atom stereocenters. The van der Waals surface area contributed by atoms with E-state index in [1.807, 2.05) is 0 Å². The largest absolute Gasteiger partial charge is 0.468 e. The fraction of sp³-hybridized carbons (Fsp3) is 0.556. The first kappa shape index (κ1) is 12.0. The first-order valence-electron chi connectivity index (χ1n) is 4.43. The Morgan fingerprint density at radius 2 is 2.40 bits per heavy atom. The summed E-state index contributed by atoms with van der Waals surface area (Å²) in [4.78, 5) is 11.3. The van der Waals surface area contributed by atoms with Gasteiger partial charge in [0.1, 0.15) is 5.54 Å². The van der Waals surface area contributed by atoms with Crippen LogP contribution >= 0.6 is 11.6 Å². The molecule has 84 valence electrons. The second-order valence-electron chi connectivity index (χ2n) is 3.67. The van der Waals surface area contributed by atoms with Crippen LogP contribution in [0.15, 0.2) is 6.20 Å². The van der Waals surface area contributed by atoms with E-state index >= 15 is 0 Å². The molecule has 0 saturated carbocycles. The Morgan fingerprint density at radius 3 is 2.80 bits per heavy atom. The van der Waals surface area contributed by atoms with Gasteiger partial charge in [-0.25, -0.2) is 0 Å². The summed E-state index contributed by atoms with van der Waals surface area (Å²) < 4.78 is 6.12. The van der Waals surface area contributed by atoms with Gasteiger partial charge in [0, 0.05) is 6.20 Å². The number of halogens is 1. The summed E-state index contributed by atoms with van der Waals surface area (Å²) in [6.07, 6.45) is 1.63. The van der Waals surface area contributed by atoms with Gasteiger partial charge in [0.2, 0.25) is 0 Å². The van der Waals surface area contributed by atoms with Gasteiger partial charge >= 0.3 is 5.97 Å². The number of carbonyl (C=O) groups excluding carboxylic acids is 1. The minimum atomic E-state index is -1.10. The molecule has 6 heteroatoms. The van der Waals surface area contributed by atoms with Crippen molar-refractivity contribution < 1.29 is 9.53 Å². The number of methoxy groups -OCH3 is 1. The zero-order valence-electron chi connectivity index (χ0n) is 8.95. The number of rotatable bonds is 3. The quantitative estimate of drug-likeness (QED) is 0.779. The van der Waals surface area contributed by atoms with E-state index in [4.69, 9.17) is 17.3 Å². The van der Waals surface area contributed by atoms with E-state index in [0.717, 1.165) is 0 Å². The number of esters is 1. The van der Waals surface area contributed by atoms with Crippen LogP contribution in [0.4, 0.5) is 0 Å². The van der Waals surface area contributed by atoms with Gasteiger partial charge in [-0.1, -0.05) is 11.6 Å². The first-order valence-corrected chi connectivity index (χ1v) is 4.81. The molecular formula is C9H14ClN3O2. The third-order valence-corrected chi connectivity index (χ3v) is 2.40. The van der Waals surface area contributed by atoms with Crippen LogP contribution in [-0.2, 0) is 16.1 Å². The van der Waals surface area contributed by atoms with E-state index in [-0.39, 0.29) is 6.54 Å². The van der Waals surface area contributed by atoms with Crippen molar-refractivity contribution in [1.82, 2.24) is 9.78 Å². The molecular weight excluding hydrogens is 218 g/mol. The molecule has 0 radical (unpaired) electrons. The second kappa shape index (κ2) is 4.20. The van der Waals surface area contributed by atoms with E-state index in [0.29, 0.717) is 10.7 Å². The zero-order valence-corrected chi connectivity index (χ0v) is 9.71. The van der Waals surface area contributed by atoms with Crippen LogP contribution in [0.5, 0.6) is 0 Å². The Bertz CT molecular complexity index is 354. The number of ether oxygens (including phenoxy) is 1. The van der Waals surface area contributed by atoms with Crippen molar-refractivity contribution in [2.45, 2.75) is 25.9 Å². The van der Waals surface area contributed by atoms with Crippen molar-refractivity contribution >= 4 is 17.6 Å². The van der Waals surface area contributed by atoms with Gasteiger partial charge < -0.3 is 10.5 Å². The number of carbonyl (C=O) groups is 1. The second-order valence-corrected chi connectivity index (χ2v) is 4.08. The van der Waals surface area contributed by atoms with Crippen LogP contribution in [-0.4, -0.2) is 28.4 Å². The Hall–Kier alpha value is -1.07. The van der Waals surface area contributed by atoms with E-state index in [9.17, 15) is 4.79 Å². The van der Waals surface area contributed by atoms with E-state index in [1.54, 1.807) is 20.0 Å². The number of aryl methyl sites for hydroxylation is 1. The van der Waals surface area contributed by atoms with Crippen molar-refractivity contribution in [2.24, 2.45) is 5.73 Å². The van der Waals surface area contributed by atoms with Crippen LogP contribution in [0.25, 0.3) is 0 Å². The average molecular weight is 232 g/mol. The van der Waals surface area contributed by atoms with Crippen molar-refractivity contribution in [3.8, 4) is 0 Å². The lowest BCUT2D eigenvalue weighted by molar-refractivity contribution is -0.147. The average Bonchev–Trinajstić information content (AvgIpc) is 2.43. The topological polar surface area (TPSA) is 70.1 Å². The summed E-state index contributed by atoms with van der Waals surface area (Å²) in [5, 5.41) is 4.66. The summed E-state index contributed by atoms with van der Waals surface area (Å²) in [7, 11) is 1.30. The number of nitrogens with two attached hydrogens (primary N) is 1. The molecule has 0 amide bonds. The van der Waals surface area contributed by atoms with Gasteiger partial charge in [0.25, 0.3) is 0 Å². The molecule has 0 spiro atoms. The van der Waals surface area contributed by atoms with E-state index < -0.39 is 11.5 Å². The Morgan fingerprint density at radius 1 is 1.80 bits per heavy atom.